The van der Waals surface area contributed by atoms with Gasteiger partial charge >= 0.3 is 12.0 Å². The van der Waals surface area contributed by atoms with E-state index in [0.29, 0.717) is 23.5 Å². The molecule has 0 aliphatic carbocycles. The first-order valence-corrected chi connectivity index (χ1v) is 10.4. The van der Waals surface area contributed by atoms with Crippen molar-refractivity contribution in [2.75, 3.05) is 18.5 Å². The molecule has 0 spiro atoms. The van der Waals surface area contributed by atoms with Gasteiger partial charge in [-0.1, -0.05) is 49.4 Å². The van der Waals surface area contributed by atoms with E-state index < -0.39 is 12.0 Å². The lowest BCUT2D eigenvalue weighted by Gasteiger charge is -2.36. The lowest BCUT2D eigenvalue weighted by Crippen LogP contribution is -2.48. The number of hydrogen-bond donors (Lipinski definition) is 2. The van der Waals surface area contributed by atoms with Crippen molar-refractivity contribution in [1.82, 2.24) is 10.2 Å². The molecule has 2 aromatic rings. The smallest absolute Gasteiger partial charge is 0.338 e. The van der Waals surface area contributed by atoms with Gasteiger partial charge < -0.3 is 15.4 Å². The van der Waals surface area contributed by atoms with Gasteiger partial charge in [0.25, 0.3) is 0 Å². The Morgan fingerprint density at radius 1 is 1.06 bits per heavy atom. The van der Waals surface area contributed by atoms with Crippen LogP contribution >= 0.6 is 0 Å². The molecule has 3 amide bonds. The lowest BCUT2D eigenvalue weighted by atomic mass is 9.91. The largest absolute Gasteiger partial charge is 0.463 e. The van der Waals surface area contributed by atoms with Crippen molar-refractivity contribution in [3.8, 4) is 0 Å². The average Bonchev–Trinajstić information content (AvgIpc) is 2.75. The number of anilines is 1. The molecular formula is C24H27N3O4. The fourth-order valence-electron chi connectivity index (χ4n) is 3.64. The second kappa shape index (κ2) is 9.93. The number of ether oxygens (including phenoxy) is 1. The van der Waals surface area contributed by atoms with Crippen molar-refractivity contribution in [1.29, 1.82) is 0 Å². The molecule has 0 aromatic heterocycles. The highest BCUT2D eigenvalue weighted by atomic mass is 16.5. The molecule has 3 rings (SSSR count). The van der Waals surface area contributed by atoms with Crippen LogP contribution in [0.15, 0.2) is 60.2 Å². The van der Waals surface area contributed by atoms with E-state index in [1.165, 1.54) is 6.92 Å². The van der Waals surface area contributed by atoms with Gasteiger partial charge in [0.2, 0.25) is 5.91 Å². The summed E-state index contributed by atoms with van der Waals surface area (Å²) in [6.07, 6.45) is 0.732. The Labute approximate surface area is 182 Å². The van der Waals surface area contributed by atoms with Crippen LogP contribution in [0.2, 0.25) is 0 Å². The van der Waals surface area contributed by atoms with Crippen molar-refractivity contribution in [3.05, 3.63) is 71.3 Å². The van der Waals surface area contributed by atoms with Crippen LogP contribution < -0.4 is 10.6 Å². The summed E-state index contributed by atoms with van der Waals surface area (Å²) in [5.74, 6) is -0.647. The number of hydrogen-bond acceptors (Lipinski definition) is 4. The van der Waals surface area contributed by atoms with Gasteiger partial charge in [-0.3, -0.25) is 9.69 Å². The van der Waals surface area contributed by atoms with Crippen LogP contribution in [0.4, 0.5) is 10.5 Å². The molecule has 1 aliphatic rings. The molecule has 0 fully saturated rings. The van der Waals surface area contributed by atoms with Crippen molar-refractivity contribution in [3.63, 3.8) is 0 Å². The van der Waals surface area contributed by atoms with Crippen molar-refractivity contribution < 1.29 is 19.1 Å². The second-order valence-corrected chi connectivity index (χ2v) is 7.19. The molecule has 0 radical (unpaired) electrons. The summed E-state index contributed by atoms with van der Waals surface area (Å²) in [7, 11) is 0. The Morgan fingerprint density at radius 3 is 2.32 bits per heavy atom. The monoisotopic (exact) mass is 421 g/mol. The molecule has 0 saturated heterocycles. The maximum Gasteiger partial charge on any atom is 0.338 e. The Balaban J connectivity index is 2.17. The van der Waals surface area contributed by atoms with Crippen molar-refractivity contribution >= 4 is 29.3 Å². The second-order valence-electron chi connectivity index (χ2n) is 7.19. The third kappa shape index (κ3) is 4.94. The summed E-state index contributed by atoms with van der Waals surface area (Å²) >= 11 is 0. The summed E-state index contributed by atoms with van der Waals surface area (Å²) in [6, 6.07) is 15.5. The van der Waals surface area contributed by atoms with Crippen molar-refractivity contribution in [2.24, 2.45) is 0 Å². The molecule has 2 N–H and O–H groups in total. The summed E-state index contributed by atoms with van der Waals surface area (Å²) in [5.41, 5.74) is 3.06. The third-order valence-electron chi connectivity index (χ3n) is 4.88. The van der Waals surface area contributed by atoms with Crippen LogP contribution in [0.25, 0.3) is 5.70 Å². The Bertz CT molecular complexity index is 984. The van der Waals surface area contributed by atoms with Gasteiger partial charge in [-0.2, -0.15) is 0 Å². The van der Waals surface area contributed by atoms with Gasteiger partial charge in [-0.15, -0.1) is 0 Å². The molecule has 1 atom stereocenters. The third-order valence-corrected chi connectivity index (χ3v) is 4.88. The Morgan fingerprint density at radius 2 is 1.74 bits per heavy atom. The molecule has 7 heteroatoms. The number of rotatable bonds is 7. The molecule has 2 aromatic carbocycles. The topological polar surface area (TPSA) is 87.7 Å². The van der Waals surface area contributed by atoms with Gasteiger partial charge in [-0.25, -0.2) is 9.59 Å². The van der Waals surface area contributed by atoms with Crippen LogP contribution in [0.3, 0.4) is 0 Å². The maximum atomic E-state index is 13.1. The fourth-order valence-corrected chi connectivity index (χ4v) is 3.64. The van der Waals surface area contributed by atoms with Crippen LogP contribution in [0, 0.1) is 0 Å². The van der Waals surface area contributed by atoms with Gasteiger partial charge in [0.1, 0.15) is 0 Å². The zero-order valence-corrected chi connectivity index (χ0v) is 18.0. The van der Waals surface area contributed by atoms with E-state index in [1.807, 2.05) is 37.3 Å². The highest BCUT2D eigenvalue weighted by molar-refractivity contribution is 6.04. The predicted octanol–water partition coefficient (Wildman–Crippen LogP) is 4.10. The minimum atomic E-state index is -0.679. The first kappa shape index (κ1) is 22.1. The number of amides is 3. The number of carbonyl (C=O) groups excluding carboxylic acids is 3. The van der Waals surface area contributed by atoms with E-state index in [4.69, 9.17) is 4.74 Å². The van der Waals surface area contributed by atoms with Gasteiger partial charge in [0.15, 0.2) is 0 Å². The van der Waals surface area contributed by atoms with E-state index in [0.717, 1.165) is 17.5 Å². The van der Waals surface area contributed by atoms with Crippen LogP contribution in [0.5, 0.6) is 0 Å². The first-order chi connectivity index (χ1) is 15.0. The molecule has 1 aliphatic heterocycles. The number of nitrogens with one attached hydrogen (secondary N) is 2. The SMILES string of the molecule is CCCN1C(=O)N[C@H](c2ccc(NC(C)=O)cc2)C(C(=O)OCC)=C1c1ccccc1. The number of urea groups is 1. The molecular weight excluding hydrogens is 394 g/mol. The summed E-state index contributed by atoms with van der Waals surface area (Å²) in [4.78, 5) is 39.1. The summed E-state index contributed by atoms with van der Waals surface area (Å²) < 4.78 is 5.39. The van der Waals surface area contributed by atoms with Gasteiger partial charge in [0.05, 0.1) is 23.9 Å². The highest BCUT2D eigenvalue weighted by Gasteiger charge is 2.38. The van der Waals surface area contributed by atoms with Crippen LogP contribution in [0.1, 0.15) is 44.4 Å². The number of carbonyl (C=O) groups is 3. The fraction of sp³-hybridized carbons (Fsp3) is 0.292. The highest BCUT2D eigenvalue weighted by Crippen LogP contribution is 2.37. The average molecular weight is 421 g/mol. The van der Waals surface area contributed by atoms with Crippen LogP contribution in [-0.4, -0.2) is 36.0 Å². The maximum absolute atomic E-state index is 13.1. The lowest BCUT2D eigenvalue weighted by molar-refractivity contribution is -0.139. The van der Waals surface area contributed by atoms with Gasteiger partial charge in [-0.05, 0) is 36.6 Å². The number of esters is 1. The molecule has 1 heterocycles. The standard InChI is InChI=1S/C24H27N3O4/c1-4-15-27-22(18-9-7-6-8-10-18)20(23(29)31-5-2)21(26-24(27)30)17-11-13-19(14-12-17)25-16(3)28/h6-14,21H,4-5,15H2,1-3H3,(H,25,28)(H,26,30)/t21-/m1/s1. The first-order valence-electron chi connectivity index (χ1n) is 10.4. The quantitative estimate of drug-likeness (QED) is 0.659. The van der Waals surface area contributed by atoms with E-state index in [1.54, 1.807) is 36.1 Å². The van der Waals surface area contributed by atoms with E-state index >= 15 is 0 Å². The van der Waals surface area contributed by atoms with Gasteiger partial charge in [0, 0.05) is 19.2 Å². The van der Waals surface area contributed by atoms with E-state index in [9.17, 15) is 14.4 Å². The van der Waals surface area contributed by atoms with Crippen molar-refractivity contribution in [2.45, 2.75) is 33.2 Å². The Hall–Kier alpha value is -3.61. The number of benzene rings is 2. The molecule has 0 unspecified atom stereocenters. The zero-order valence-electron chi connectivity index (χ0n) is 18.0. The summed E-state index contributed by atoms with van der Waals surface area (Å²) in [6.45, 7) is 5.86. The number of nitrogens with zero attached hydrogens (tertiary/aromatic N) is 1. The minimum Gasteiger partial charge on any atom is -0.463 e. The molecule has 162 valence electrons. The van der Waals surface area contributed by atoms with Crippen LogP contribution in [-0.2, 0) is 14.3 Å². The Kier molecular flexibility index (Phi) is 7.07. The molecule has 31 heavy (non-hydrogen) atoms. The zero-order chi connectivity index (χ0) is 22.4. The summed E-state index contributed by atoms with van der Waals surface area (Å²) in [5, 5.41) is 5.68. The van der Waals surface area contributed by atoms with E-state index in [2.05, 4.69) is 10.6 Å². The minimum absolute atomic E-state index is 0.174. The predicted molar refractivity (Wildman–Crippen MR) is 119 cm³/mol. The normalized spacial score (nSPS) is 16.0. The molecule has 0 bridgehead atoms. The molecule has 7 nitrogen and oxygen atoms in total. The van der Waals surface area contributed by atoms with E-state index in [-0.39, 0.29) is 18.5 Å². The molecule has 0 saturated carbocycles.